The molecule has 0 saturated heterocycles. The van der Waals surface area contributed by atoms with Gasteiger partial charge in [-0.25, -0.2) is 0 Å². The topological polar surface area (TPSA) is 74.8 Å². The summed E-state index contributed by atoms with van der Waals surface area (Å²) in [6, 6.07) is 7.88. The molecule has 0 aromatic heterocycles. The number of ether oxygens (including phenoxy) is 1. The minimum absolute atomic E-state index is 0.170. The molecule has 140 valence electrons. The van der Waals surface area contributed by atoms with Crippen LogP contribution in [0.25, 0.3) is 0 Å². The van der Waals surface area contributed by atoms with E-state index in [0.717, 1.165) is 37.5 Å². The van der Waals surface area contributed by atoms with E-state index in [9.17, 15) is 4.79 Å². The molecule has 1 aliphatic rings. The van der Waals surface area contributed by atoms with Crippen molar-refractivity contribution in [2.24, 2.45) is 10.9 Å². The van der Waals surface area contributed by atoms with E-state index in [1.165, 1.54) is 5.56 Å². The first kappa shape index (κ1) is 19.6. The molecule has 0 atom stereocenters. The fourth-order valence-corrected chi connectivity index (χ4v) is 2.37. The number of guanidine groups is 1. The van der Waals surface area contributed by atoms with Crippen LogP contribution < -0.4 is 20.7 Å². The van der Waals surface area contributed by atoms with E-state index in [1.54, 1.807) is 0 Å². The molecule has 6 nitrogen and oxygen atoms in total. The van der Waals surface area contributed by atoms with Gasteiger partial charge in [-0.05, 0) is 43.9 Å². The maximum absolute atomic E-state index is 11.6. The van der Waals surface area contributed by atoms with Gasteiger partial charge in [0.1, 0.15) is 12.4 Å². The summed E-state index contributed by atoms with van der Waals surface area (Å²) in [5.74, 6) is 4.41. The van der Waals surface area contributed by atoms with Crippen LogP contribution in [-0.4, -0.2) is 44.7 Å². The molecule has 26 heavy (non-hydrogen) atoms. The van der Waals surface area contributed by atoms with Gasteiger partial charge in [-0.15, -0.1) is 6.42 Å². The molecule has 0 spiro atoms. The zero-order valence-electron chi connectivity index (χ0n) is 15.4. The Morgan fingerprint density at radius 2 is 1.96 bits per heavy atom. The highest BCUT2D eigenvalue weighted by molar-refractivity contribution is 5.81. The molecule has 3 N–H and O–H groups in total. The standard InChI is InChI=1S/C20H28N4O2/c1-3-15-26-18-9-5-16(6-10-18)11-12-23-20(21-4-2)24-14-13-22-19(25)17-7-8-17/h1,5-6,9-10,17H,4,7-8,11-15H2,2H3,(H,22,25)(H2,21,23,24). The number of hydrogen-bond donors (Lipinski definition) is 3. The lowest BCUT2D eigenvalue weighted by Gasteiger charge is -2.12. The maximum Gasteiger partial charge on any atom is 0.223 e. The fraction of sp³-hybridized carbons (Fsp3) is 0.500. The lowest BCUT2D eigenvalue weighted by atomic mass is 10.1. The molecular weight excluding hydrogens is 328 g/mol. The molecule has 0 radical (unpaired) electrons. The van der Waals surface area contributed by atoms with Crippen molar-refractivity contribution >= 4 is 11.9 Å². The second kappa shape index (κ2) is 11.0. The van der Waals surface area contributed by atoms with Crippen LogP contribution in [0, 0.1) is 18.3 Å². The quantitative estimate of drug-likeness (QED) is 0.256. The number of nitrogens with zero attached hydrogens (tertiary/aromatic N) is 1. The Morgan fingerprint density at radius 1 is 1.23 bits per heavy atom. The highest BCUT2D eigenvalue weighted by Gasteiger charge is 2.28. The van der Waals surface area contributed by atoms with Gasteiger partial charge < -0.3 is 20.7 Å². The number of rotatable bonds is 10. The molecule has 1 aromatic carbocycles. The first-order valence-electron chi connectivity index (χ1n) is 9.18. The average Bonchev–Trinajstić information content (AvgIpc) is 3.49. The lowest BCUT2D eigenvalue weighted by Crippen LogP contribution is -2.41. The Balaban J connectivity index is 1.69. The third-order valence-electron chi connectivity index (χ3n) is 3.92. The number of carbonyl (C=O) groups excluding carboxylic acids is 1. The van der Waals surface area contributed by atoms with Crippen molar-refractivity contribution in [3.63, 3.8) is 0 Å². The highest BCUT2D eigenvalue weighted by Crippen LogP contribution is 2.28. The monoisotopic (exact) mass is 356 g/mol. The van der Waals surface area contributed by atoms with Crippen molar-refractivity contribution in [1.29, 1.82) is 0 Å². The predicted octanol–water partition coefficient (Wildman–Crippen LogP) is 1.32. The van der Waals surface area contributed by atoms with Crippen LogP contribution >= 0.6 is 0 Å². The first-order valence-corrected chi connectivity index (χ1v) is 9.18. The molecule has 0 aliphatic heterocycles. The molecule has 0 unspecified atom stereocenters. The van der Waals surface area contributed by atoms with Crippen molar-refractivity contribution in [2.45, 2.75) is 26.2 Å². The smallest absolute Gasteiger partial charge is 0.223 e. The van der Waals surface area contributed by atoms with Crippen LogP contribution in [0.4, 0.5) is 0 Å². The van der Waals surface area contributed by atoms with Crippen molar-refractivity contribution in [3.8, 4) is 18.1 Å². The molecule has 1 saturated carbocycles. The van der Waals surface area contributed by atoms with Gasteiger partial charge in [0.2, 0.25) is 5.91 Å². The third-order valence-corrected chi connectivity index (χ3v) is 3.92. The Kier molecular flexibility index (Phi) is 8.34. The number of terminal acetylenes is 1. The summed E-state index contributed by atoms with van der Waals surface area (Å²) < 4.78 is 5.36. The zero-order valence-corrected chi connectivity index (χ0v) is 15.4. The molecule has 1 aromatic rings. The second-order valence-corrected chi connectivity index (χ2v) is 6.14. The van der Waals surface area contributed by atoms with Crippen LogP contribution in [0.1, 0.15) is 25.3 Å². The number of carbonyl (C=O) groups is 1. The van der Waals surface area contributed by atoms with E-state index in [-0.39, 0.29) is 18.4 Å². The number of amides is 1. The number of benzene rings is 1. The first-order chi connectivity index (χ1) is 12.7. The third kappa shape index (κ3) is 7.47. The van der Waals surface area contributed by atoms with Gasteiger partial charge in [-0.2, -0.15) is 0 Å². The average molecular weight is 356 g/mol. The van der Waals surface area contributed by atoms with Gasteiger partial charge in [0, 0.05) is 32.1 Å². The summed E-state index contributed by atoms with van der Waals surface area (Å²) in [6.07, 6.45) is 8.07. The van der Waals surface area contributed by atoms with Gasteiger partial charge in [0.05, 0.1) is 0 Å². The normalized spacial score (nSPS) is 13.6. The van der Waals surface area contributed by atoms with Crippen molar-refractivity contribution in [3.05, 3.63) is 29.8 Å². The van der Waals surface area contributed by atoms with Crippen LogP contribution in [0.2, 0.25) is 0 Å². The summed E-state index contributed by atoms with van der Waals surface area (Å²) in [4.78, 5) is 16.2. The number of hydrogen-bond acceptors (Lipinski definition) is 3. The molecule has 2 rings (SSSR count). The van der Waals surface area contributed by atoms with Gasteiger partial charge >= 0.3 is 0 Å². The molecule has 1 fully saturated rings. The molecule has 0 bridgehead atoms. The summed E-state index contributed by atoms with van der Waals surface area (Å²) in [7, 11) is 0. The molecule has 1 amide bonds. The van der Waals surface area contributed by atoms with Crippen molar-refractivity contribution in [2.75, 3.05) is 32.8 Å². The number of nitrogens with one attached hydrogen (secondary N) is 3. The molecule has 0 heterocycles. The van der Waals surface area contributed by atoms with Gasteiger partial charge in [-0.3, -0.25) is 9.79 Å². The summed E-state index contributed by atoms with van der Waals surface area (Å²) in [5.41, 5.74) is 1.19. The summed E-state index contributed by atoms with van der Waals surface area (Å²) in [5, 5.41) is 9.39. The highest BCUT2D eigenvalue weighted by atomic mass is 16.5. The fourth-order valence-electron chi connectivity index (χ4n) is 2.37. The van der Waals surface area contributed by atoms with Crippen LogP contribution in [-0.2, 0) is 11.2 Å². The largest absolute Gasteiger partial charge is 0.481 e. The Hall–Kier alpha value is -2.68. The Morgan fingerprint density at radius 3 is 2.62 bits per heavy atom. The summed E-state index contributed by atoms with van der Waals surface area (Å²) >= 11 is 0. The Labute approximate surface area is 155 Å². The van der Waals surface area contributed by atoms with Gasteiger partial charge in [0.15, 0.2) is 5.96 Å². The lowest BCUT2D eigenvalue weighted by molar-refractivity contribution is -0.122. The summed E-state index contributed by atoms with van der Waals surface area (Å²) in [6.45, 7) is 5.05. The van der Waals surface area contributed by atoms with E-state index in [2.05, 4.69) is 26.9 Å². The second-order valence-electron chi connectivity index (χ2n) is 6.14. The van der Waals surface area contributed by atoms with Crippen molar-refractivity contribution in [1.82, 2.24) is 16.0 Å². The SMILES string of the molecule is C#CCOc1ccc(CCN=C(NCC)NCCNC(=O)C2CC2)cc1. The predicted molar refractivity (Wildman–Crippen MR) is 104 cm³/mol. The minimum atomic E-state index is 0.170. The van der Waals surface area contributed by atoms with E-state index in [0.29, 0.717) is 19.6 Å². The van der Waals surface area contributed by atoms with Gasteiger partial charge in [0.25, 0.3) is 0 Å². The van der Waals surface area contributed by atoms with Crippen LogP contribution in [0.3, 0.4) is 0 Å². The van der Waals surface area contributed by atoms with E-state index >= 15 is 0 Å². The minimum Gasteiger partial charge on any atom is -0.481 e. The van der Waals surface area contributed by atoms with Crippen molar-refractivity contribution < 1.29 is 9.53 Å². The molecule has 6 heteroatoms. The maximum atomic E-state index is 11.6. The van der Waals surface area contributed by atoms with Gasteiger partial charge in [-0.1, -0.05) is 18.1 Å². The van der Waals surface area contributed by atoms with E-state index in [4.69, 9.17) is 11.2 Å². The number of aliphatic imine (C=N–C) groups is 1. The zero-order chi connectivity index (χ0) is 18.6. The van der Waals surface area contributed by atoms with Crippen LogP contribution in [0.15, 0.2) is 29.3 Å². The Bertz CT molecular complexity index is 630. The molecular formula is C20H28N4O2. The van der Waals surface area contributed by atoms with Crippen LogP contribution in [0.5, 0.6) is 5.75 Å². The molecule has 1 aliphatic carbocycles. The van der Waals surface area contributed by atoms with E-state index < -0.39 is 0 Å². The van der Waals surface area contributed by atoms with E-state index in [1.807, 2.05) is 31.2 Å².